The van der Waals surface area contributed by atoms with Gasteiger partial charge in [0.1, 0.15) is 39.9 Å². The van der Waals surface area contributed by atoms with Gasteiger partial charge >= 0.3 is 0 Å². The van der Waals surface area contributed by atoms with Crippen LogP contribution in [0.4, 0.5) is 0 Å². The van der Waals surface area contributed by atoms with Crippen molar-refractivity contribution < 1.29 is 24.1 Å². The number of rotatable bonds is 3. The largest absolute Gasteiger partial charge is 0.489 e. The highest BCUT2D eigenvalue weighted by Gasteiger charge is 2.50. The van der Waals surface area contributed by atoms with E-state index in [-0.39, 0.29) is 23.6 Å². The van der Waals surface area contributed by atoms with E-state index in [9.17, 15) is 15.0 Å². The Kier molecular flexibility index (Phi) is 5.04. The molecule has 6 rings (SSSR count). The molecule has 3 fully saturated rings. The molecule has 0 unspecified atom stereocenters. The van der Waals surface area contributed by atoms with Gasteiger partial charge in [-0.05, 0) is 64.7 Å². The van der Waals surface area contributed by atoms with Gasteiger partial charge in [0, 0.05) is 23.6 Å². The zero-order valence-corrected chi connectivity index (χ0v) is 19.4. The molecule has 3 saturated carbocycles. The summed E-state index contributed by atoms with van der Waals surface area (Å²) >= 11 is 0. The van der Waals surface area contributed by atoms with Crippen molar-refractivity contribution in [1.82, 2.24) is 0 Å². The normalized spacial score (nSPS) is 31.2. The minimum absolute atomic E-state index is 0.00819. The molecule has 2 aromatic rings. The van der Waals surface area contributed by atoms with Crippen LogP contribution in [0.15, 0.2) is 21.3 Å². The predicted molar refractivity (Wildman–Crippen MR) is 124 cm³/mol. The van der Waals surface area contributed by atoms with Gasteiger partial charge in [-0.15, -0.1) is 0 Å². The summed E-state index contributed by atoms with van der Waals surface area (Å²) in [6, 6.07) is 3.27. The number of aliphatic hydroxyl groups is 2. The summed E-state index contributed by atoms with van der Waals surface area (Å²) in [6.07, 6.45) is 10.5. The number of ether oxygens (including phenoxy) is 2. The number of hydrogen-bond acceptors (Lipinski definition) is 6. The predicted octanol–water partition coefficient (Wildman–Crippen LogP) is 5.05. The van der Waals surface area contributed by atoms with Crippen molar-refractivity contribution in [3.05, 3.63) is 33.7 Å². The maximum atomic E-state index is 13.5. The van der Waals surface area contributed by atoms with Gasteiger partial charge in [-0.1, -0.05) is 19.3 Å². The SMILES string of the molecule is C[C@]1(O)CCC[C@H]2c3c(cc4oc(C5(O)CCCCC5)cc(=O)c4c3OC3CCCC3)O[C@@H]21. The molecule has 1 aliphatic heterocycles. The molecule has 33 heavy (non-hydrogen) atoms. The summed E-state index contributed by atoms with van der Waals surface area (Å²) in [6.45, 7) is 1.84. The van der Waals surface area contributed by atoms with E-state index in [2.05, 4.69) is 0 Å². The molecule has 6 heteroatoms. The fourth-order valence-corrected chi connectivity index (χ4v) is 6.69. The minimum Gasteiger partial charge on any atom is -0.489 e. The van der Waals surface area contributed by atoms with E-state index < -0.39 is 11.2 Å². The molecule has 3 aliphatic carbocycles. The Labute approximate surface area is 193 Å². The van der Waals surface area contributed by atoms with Gasteiger partial charge in [0.05, 0.1) is 11.7 Å². The van der Waals surface area contributed by atoms with E-state index in [1.54, 1.807) is 6.07 Å². The highest BCUT2D eigenvalue weighted by atomic mass is 16.5. The summed E-state index contributed by atoms with van der Waals surface area (Å²) in [4.78, 5) is 13.5. The molecular weight excluding hydrogens is 420 g/mol. The second kappa shape index (κ2) is 7.74. The lowest BCUT2D eigenvalue weighted by Gasteiger charge is -2.37. The summed E-state index contributed by atoms with van der Waals surface area (Å²) < 4.78 is 19.1. The van der Waals surface area contributed by atoms with Crippen molar-refractivity contribution in [3.8, 4) is 11.5 Å². The Bertz CT molecular complexity index is 1120. The molecule has 0 amide bonds. The Hall–Kier alpha value is -2.05. The molecule has 1 aromatic carbocycles. The fourth-order valence-electron chi connectivity index (χ4n) is 6.69. The quantitative estimate of drug-likeness (QED) is 0.675. The van der Waals surface area contributed by atoms with Gasteiger partial charge in [0.2, 0.25) is 0 Å². The highest BCUT2D eigenvalue weighted by Crippen LogP contribution is 2.54. The third kappa shape index (κ3) is 3.48. The van der Waals surface area contributed by atoms with Crippen molar-refractivity contribution >= 4 is 11.0 Å². The van der Waals surface area contributed by atoms with Gasteiger partial charge in [0.25, 0.3) is 0 Å². The van der Waals surface area contributed by atoms with Crippen LogP contribution in [0.25, 0.3) is 11.0 Å². The Morgan fingerprint density at radius 3 is 2.48 bits per heavy atom. The lowest BCUT2D eigenvalue weighted by molar-refractivity contribution is -0.0725. The van der Waals surface area contributed by atoms with Crippen LogP contribution in [0.2, 0.25) is 0 Å². The number of fused-ring (bicyclic) bond motifs is 4. The van der Waals surface area contributed by atoms with Crippen molar-refractivity contribution in [2.75, 3.05) is 0 Å². The first kappa shape index (κ1) is 21.5. The average molecular weight is 455 g/mol. The number of benzene rings is 1. The molecule has 2 N–H and O–H groups in total. The zero-order chi connectivity index (χ0) is 22.8. The van der Waals surface area contributed by atoms with Gasteiger partial charge in [-0.3, -0.25) is 4.79 Å². The molecule has 2 heterocycles. The van der Waals surface area contributed by atoms with Crippen LogP contribution in [0, 0.1) is 0 Å². The minimum atomic E-state index is -1.10. The van der Waals surface area contributed by atoms with Gasteiger partial charge in [-0.2, -0.15) is 0 Å². The van der Waals surface area contributed by atoms with Crippen molar-refractivity contribution in [1.29, 1.82) is 0 Å². The van der Waals surface area contributed by atoms with Crippen molar-refractivity contribution in [2.24, 2.45) is 0 Å². The molecule has 1 aromatic heterocycles. The van der Waals surface area contributed by atoms with E-state index in [1.165, 1.54) is 6.07 Å². The molecule has 0 spiro atoms. The Balaban J connectivity index is 1.53. The maximum absolute atomic E-state index is 13.5. The van der Waals surface area contributed by atoms with Crippen molar-refractivity contribution in [3.63, 3.8) is 0 Å². The smallest absolute Gasteiger partial charge is 0.196 e. The first-order valence-electron chi connectivity index (χ1n) is 12.8. The monoisotopic (exact) mass is 454 g/mol. The van der Waals surface area contributed by atoms with Gasteiger partial charge in [0.15, 0.2) is 5.43 Å². The van der Waals surface area contributed by atoms with Crippen LogP contribution < -0.4 is 14.9 Å². The van der Waals surface area contributed by atoms with E-state index in [0.29, 0.717) is 47.5 Å². The second-order valence-corrected chi connectivity index (χ2v) is 11.0. The first-order chi connectivity index (χ1) is 15.9. The van der Waals surface area contributed by atoms with E-state index in [1.807, 2.05) is 6.92 Å². The summed E-state index contributed by atoms with van der Waals surface area (Å²) in [5.41, 5.74) is -0.891. The molecule has 178 valence electrons. The molecule has 0 radical (unpaired) electrons. The van der Waals surface area contributed by atoms with Crippen LogP contribution in [0.1, 0.15) is 101 Å². The third-order valence-electron chi connectivity index (χ3n) is 8.50. The maximum Gasteiger partial charge on any atom is 0.196 e. The second-order valence-electron chi connectivity index (χ2n) is 11.0. The van der Waals surface area contributed by atoms with Crippen LogP contribution >= 0.6 is 0 Å². The van der Waals surface area contributed by atoms with E-state index >= 15 is 0 Å². The zero-order valence-electron chi connectivity index (χ0n) is 19.4. The van der Waals surface area contributed by atoms with Gasteiger partial charge < -0.3 is 24.1 Å². The lowest BCUT2D eigenvalue weighted by Crippen LogP contribution is -2.47. The summed E-state index contributed by atoms with van der Waals surface area (Å²) in [5, 5.41) is 22.7. The molecular formula is C27H34O6. The first-order valence-corrected chi connectivity index (χ1v) is 12.8. The van der Waals surface area contributed by atoms with E-state index in [4.69, 9.17) is 13.9 Å². The molecule has 0 bridgehead atoms. The molecule has 6 nitrogen and oxygen atoms in total. The van der Waals surface area contributed by atoms with Crippen molar-refractivity contribution in [2.45, 2.75) is 113 Å². The highest BCUT2D eigenvalue weighted by molar-refractivity contribution is 5.88. The van der Waals surface area contributed by atoms with Gasteiger partial charge in [-0.25, -0.2) is 0 Å². The summed E-state index contributed by atoms with van der Waals surface area (Å²) in [7, 11) is 0. The molecule has 4 aliphatic rings. The molecule has 0 saturated heterocycles. The third-order valence-corrected chi connectivity index (χ3v) is 8.50. The Morgan fingerprint density at radius 2 is 1.73 bits per heavy atom. The molecule has 3 atom stereocenters. The van der Waals surface area contributed by atoms with Crippen LogP contribution in [0.5, 0.6) is 11.5 Å². The average Bonchev–Trinajstić information content (AvgIpc) is 3.42. The Morgan fingerprint density at radius 1 is 0.970 bits per heavy atom. The summed E-state index contributed by atoms with van der Waals surface area (Å²) in [5.74, 6) is 1.55. The number of hydrogen-bond donors (Lipinski definition) is 2. The topological polar surface area (TPSA) is 89.1 Å². The lowest BCUT2D eigenvalue weighted by atomic mass is 9.74. The standard InChI is InChI=1S/C27H34O6/c1-26(29)11-7-10-17-22-19(33-25(17)26)15-20-23(24(22)31-16-8-3-4-9-16)18(28)14-21(32-20)27(30)12-5-2-6-13-27/h14-17,25,29-30H,2-13H2,1H3/t17-,25-,26-/m0/s1. The van der Waals surface area contributed by atoms with Crippen LogP contribution in [-0.2, 0) is 5.60 Å². The van der Waals surface area contributed by atoms with Crippen LogP contribution in [-0.4, -0.2) is 28.0 Å². The van der Waals surface area contributed by atoms with Crippen LogP contribution in [0.3, 0.4) is 0 Å². The van der Waals surface area contributed by atoms with E-state index in [0.717, 1.165) is 63.4 Å². The fraction of sp³-hybridized carbons (Fsp3) is 0.667.